The quantitative estimate of drug-likeness (QED) is 0.501. The van der Waals surface area contributed by atoms with E-state index in [1.165, 1.54) is 6.20 Å². The number of nitrogens with zero attached hydrogens (tertiary/aromatic N) is 2. The Morgan fingerprint density at radius 2 is 2.07 bits per heavy atom. The third kappa shape index (κ3) is 3.56. The van der Waals surface area contributed by atoms with Crippen LogP contribution in [-0.2, 0) is 9.84 Å². The summed E-state index contributed by atoms with van der Waals surface area (Å²) in [7, 11) is -3.16. The zero-order chi connectivity index (χ0) is 19.9. The lowest BCUT2D eigenvalue weighted by Crippen LogP contribution is -2.50. The van der Waals surface area contributed by atoms with Crippen molar-refractivity contribution in [1.29, 1.82) is 0 Å². The van der Waals surface area contributed by atoms with Gasteiger partial charge in [-0.15, -0.1) is 0 Å². The number of carbonyl (C=O) groups is 1. The van der Waals surface area contributed by atoms with Gasteiger partial charge < -0.3 is 21.8 Å². The minimum Gasteiger partial charge on any atom is -0.364 e. The fourth-order valence-electron chi connectivity index (χ4n) is 3.36. The van der Waals surface area contributed by atoms with Crippen molar-refractivity contribution < 1.29 is 13.2 Å². The van der Waals surface area contributed by atoms with Crippen LogP contribution >= 0.6 is 0 Å². The van der Waals surface area contributed by atoms with Gasteiger partial charge in [0.15, 0.2) is 15.5 Å². The molecule has 10 heteroatoms. The smallest absolute Gasteiger partial charge is 0.269 e. The van der Waals surface area contributed by atoms with Gasteiger partial charge in [0.25, 0.3) is 5.91 Å². The van der Waals surface area contributed by atoms with E-state index in [1.807, 2.05) is 30.3 Å². The molecule has 0 aliphatic carbocycles. The van der Waals surface area contributed by atoms with E-state index in [9.17, 15) is 13.2 Å². The molecular weight excluding hydrogens is 380 g/mol. The fourth-order valence-corrected chi connectivity index (χ4v) is 5.04. The predicted octanol–water partition coefficient (Wildman–Crippen LogP) is 0.650. The molecule has 1 amide bonds. The Bertz CT molecular complexity index is 1120. The Morgan fingerprint density at radius 3 is 2.82 bits per heavy atom. The number of benzene rings is 1. The maximum atomic E-state index is 11.9. The first-order valence-corrected chi connectivity index (χ1v) is 10.6. The predicted molar refractivity (Wildman–Crippen MR) is 106 cm³/mol. The van der Waals surface area contributed by atoms with E-state index < -0.39 is 21.8 Å². The molecule has 0 unspecified atom stereocenters. The van der Waals surface area contributed by atoms with Crippen molar-refractivity contribution in [2.24, 2.45) is 11.5 Å². The number of anilines is 1. The summed E-state index contributed by atoms with van der Waals surface area (Å²) >= 11 is 0. The van der Waals surface area contributed by atoms with Crippen molar-refractivity contribution in [3.63, 3.8) is 0 Å². The molecule has 1 aliphatic rings. The summed E-state index contributed by atoms with van der Waals surface area (Å²) < 4.78 is 23.9. The summed E-state index contributed by atoms with van der Waals surface area (Å²) in [5.74, 6) is -0.366. The van der Waals surface area contributed by atoms with Gasteiger partial charge >= 0.3 is 0 Å². The van der Waals surface area contributed by atoms with E-state index in [0.29, 0.717) is 23.6 Å². The second-order valence-electron chi connectivity index (χ2n) is 6.90. The number of sulfone groups is 1. The Morgan fingerprint density at radius 1 is 1.29 bits per heavy atom. The van der Waals surface area contributed by atoms with Gasteiger partial charge in [0.2, 0.25) is 0 Å². The summed E-state index contributed by atoms with van der Waals surface area (Å²) in [5, 5.41) is 4.00. The normalized spacial score (nSPS) is 21.5. The molecule has 0 spiro atoms. The molecule has 2 atom stereocenters. The molecule has 146 valence electrons. The van der Waals surface area contributed by atoms with Gasteiger partial charge in [0.1, 0.15) is 11.5 Å². The average molecular weight is 400 g/mol. The highest BCUT2D eigenvalue weighted by molar-refractivity contribution is 7.91. The van der Waals surface area contributed by atoms with Crippen molar-refractivity contribution in [3.8, 4) is 11.4 Å². The molecule has 3 aromatic rings. The van der Waals surface area contributed by atoms with Crippen LogP contribution in [0.2, 0.25) is 0 Å². The van der Waals surface area contributed by atoms with E-state index in [4.69, 9.17) is 11.5 Å². The van der Waals surface area contributed by atoms with Crippen LogP contribution in [0.5, 0.6) is 0 Å². The molecule has 1 saturated heterocycles. The Labute approximate surface area is 161 Å². The molecule has 0 radical (unpaired) electrons. The lowest BCUT2D eigenvalue weighted by molar-refractivity contribution is 0.0996. The molecule has 4 rings (SSSR count). The number of fused-ring (bicyclic) bond motifs is 1. The van der Waals surface area contributed by atoms with Crippen molar-refractivity contribution in [2.45, 2.75) is 18.5 Å². The lowest BCUT2D eigenvalue weighted by Gasteiger charge is -2.29. The number of H-pyrrole nitrogens is 1. The fraction of sp³-hybridized carbons (Fsp3) is 0.278. The summed E-state index contributed by atoms with van der Waals surface area (Å²) in [6, 6.07) is 8.69. The molecule has 3 heterocycles. The van der Waals surface area contributed by atoms with Gasteiger partial charge in [0, 0.05) is 16.9 Å². The molecule has 1 fully saturated rings. The van der Waals surface area contributed by atoms with Crippen LogP contribution < -0.4 is 16.8 Å². The van der Waals surface area contributed by atoms with Crippen LogP contribution in [0, 0.1) is 0 Å². The molecule has 1 aliphatic heterocycles. The van der Waals surface area contributed by atoms with Crippen molar-refractivity contribution in [2.75, 3.05) is 16.8 Å². The van der Waals surface area contributed by atoms with Crippen LogP contribution in [-0.4, -0.2) is 52.9 Å². The van der Waals surface area contributed by atoms with Crippen LogP contribution in [0.3, 0.4) is 0 Å². The van der Waals surface area contributed by atoms with E-state index in [2.05, 4.69) is 20.3 Å². The second kappa shape index (κ2) is 6.88. The largest absolute Gasteiger partial charge is 0.364 e. The first-order chi connectivity index (χ1) is 13.3. The number of nitrogens with one attached hydrogen (secondary N) is 2. The Hall–Kier alpha value is -2.98. The Balaban J connectivity index is 1.72. The molecule has 1 aromatic carbocycles. The van der Waals surface area contributed by atoms with Gasteiger partial charge in [-0.05, 0) is 18.6 Å². The summed E-state index contributed by atoms with van der Waals surface area (Å²) in [4.78, 5) is 23.7. The molecule has 2 aromatic heterocycles. The summed E-state index contributed by atoms with van der Waals surface area (Å²) in [5.41, 5.74) is 13.3. The number of para-hydroxylation sites is 1. The summed E-state index contributed by atoms with van der Waals surface area (Å²) in [6.45, 7) is 0. The van der Waals surface area contributed by atoms with E-state index in [-0.39, 0.29) is 23.2 Å². The van der Waals surface area contributed by atoms with Gasteiger partial charge in [-0.25, -0.2) is 18.4 Å². The van der Waals surface area contributed by atoms with Gasteiger partial charge in [-0.1, -0.05) is 18.2 Å². The highest BCUT2D eigenvalue weighted by Gasteiger charge is 2.31. The van der Waals surface area contributed by atoms with Crippen LogP contribution in [0.15, 0.2) is 36.5 Å². The zero-order valence-electron chi connectivity index (χ0n) is 14.9. The van der Waals surface area contributed by atoms with Crippen LogP contribution in [0.25, 0.3) is 22.3 Å². The standard InChI is InChI=1S/C18H20N6O3S/c19-11-5-6-28(26,27)9-14(11)23-15-8-21-17(18(20)25)16(24-15)13-7-10-3-1-2-4-12(10)22-13/h1-4,7-8,11,14,22H,5-6,9,19H2,(H2,20,25)(H,23,24)/t11-,14+/m1/s1. The highest BCUT2D eigenvalue weighted by atomic mass is 32.2. The number of nitrogens with two attached hydrogens (primary N) is 2. The minimum absolute atomic E-state index is 0.0256. The second-order valence-corrected chi connectivity index (χ2v) is 9.13. The third-order valence-electron chi connectivity index (χ3n) is 4.84. The molecular formula is C18H20N6O3S. The minimum atomic E-state index is -3.16. The van der Waals surface area contributed by atoms with Gasteiger partial charge in [-0.3, -0.25) is 4.79 Å². The number of aromatic amines is 1. The number of hydrogen-bond acceptors (Lipinski definition) is 7. The average Bonchev–Trinajstić information content (AvgIpc) is 3.08. The SMILES string of the molecule is NC(=O)c1ncc(N[C@H]2CS(=O)(=O)CC[C@H]2N)nc1-c1cc2ccccc2[nH]1. The summed E-state index contributed by atoms with van der Waals surface area (Å²) in [6.07, 6.45) is 1.74. The monoisotopic (exact) mass is 400 g/mol. The maximum Gasteiger partial charge on any atom is 0.269 e. The van der Waals surface area contributed by atoms with E-state index in [1.54, 1.807) is 0 Å². The van der Waals surface area contributed by atoms with Crippen LogP contribution in [0.1, 0.15) is 16.9 Å². The Kier molecular flexibility index (Phi) is 4.52. The van der Waals surface area contributed by atoms with Crippen LogP contribution in [0.4, 0.5) is 5.82 Å². The number of aromatic nitrogens is 3. The third-order valence-corrected chi connectivity index (χ3v) is 6.56. The van der Waals surface area contributed by atoms with Gasteiger partial charge in [-0.2, -0.15) is 0 Å². The number of hydrogen-bond donors (Lipinski definition) is 4. The topological polar surface area (TPSA) is 157 Å². The number of primary amides is 1. The zero-order valence-corrected chi connectivity index (χ0v) is 15.7. The molecule has 9 nitrogen and oxygen atoms in total. The first kappa shape index (κ1) is 18.4. The number of amides is 1. The van der Waals surface area contributed by atoms with E-state index >= 15 is 0 Å². The lowest BCUT2D eigenvalue weighted by atomic mass is 10.1. The number of carbonyl (C=O) groups excluding carboxylic acids is 1. The van der Waals surface area contributed by atoms with Crippen molar-refractivity contribution in [3.05, 3.63) is 42.2 Å². The molecule has 6 N–H and O–H groups in total. The maximum absolute atomic E-state index is 11.9. The molecule has 0 bridgehead atoms. The van der Waals surface area contributed by atoms with Gasteiger partial charge in [0.05, 0.1) is 29.4 Å². The first-order valence-electron chi connectivity index (χ1n) is 8.80. The van der Waals surface area contributed by atoms with Crippen molar-refractivity contribution in [1.82, 2.24) is 15.0 Å². The van der Waals surface area contributed by atoms with Crippen molar-refractivity contribution >= 4 is 32.5 Å². The highest BCUT2D eigenvalue weighted by Crippen LogP contribution is 2.26. The van der Waals surface area contributed by atoms with E-state index in [0.717, 1.165) is 10.9 Å². The number of rotatable bonds is 4. The molecule has 28 heavy (non-hydrogen) atoms. The molecule has 0 saturated carbocycles.